The second kappa shape index (κ2) is 6.87. The fourth-order valence-corrected chi connectivity index (χ4v) is 2.67. The molecule has 1 aliphatic carbocycles. The average Bonchev–Trinajstić information content (AvgIpc) is 2.44. The van der Waals surface area contributed by atoms with Gasteiger partial charge in [-0.3, -0.25) is 0 Å². The topological polar surface area (TPSA) is 32.3 Å². The van der Waals surface area contributed by atoms with Gasteiger partial charge < -0.3 is 10.2 Å². The van der Waals surface area contributed by atoms with Gasteiger partial charge in [-0.2, -0.15) is 0 Å². The molecule has 0 atom stereocenters. The number of rotatable bonds is 3. The quantitative estimate of drug-likeness (QED) is 0.906. The second-order valence-corrected chi connectivity index (χ2v) is 6.00. The Morgan fingerprint density at radius 2 is 1.95 bits per heavy atom. The number of hydrogen-bond acceptors (Lipinski definition) is 1. The van der Waals surface area contributed by atoms with E-state index >= 15 is 0 Å². The molecule has 0 saturated heterocycles. The highest BCUT2D eigenvalue weighted by Crippen LogP contribution is 2.23. The summed E-state index contributed by atoms with van der Waals surface area (Å²) < 4.78 is 26.4. The van der Waals surface area contributed by atoms with Gasteiger partial charge in [-0.15, -0.1) is 0 Å². The number of carbonyl (C=O) groups is 1. The van der Waals surface area contributed by atoms with Crippen molar-refractivity contribution in [1.82, 2.24) is 10.2 Å². The summed E-state index contributed by atoms with van der Waals surface area (Å²) >= 11 is 0. The molecular weight excluding hydrogens is 274 g/mol. The molecule has 0 aromatic heterocycles. The number of benzene rings is 1. The maximum Gasteiger partial charge on any atom is 0.317 e. The van der Waals surface area contributed by atoms with E-state index in [1.807, 2.05) is 0 Å². The lowest BCUT2D eigenvalue weighted by atomic mass is 9.87. The standard InChI is InChI=1S/C16H22F2N2O/c1-11-3-7-14(8-4-11)19-16(21)20(2)10-12-5-6-13(17)9-15(12)18/h5-6,9,11,14H,3-4,7-8,10H2,1-2H3,(H,19,21). The predicted octanol–water partition coefficient (Wildman–Crippen LogP) is 3.68. The van der Waals surface area contributed by atoms with Crippen molar-refractivity contribution in [3.63, 3.8) is 0 Å². The number of carbonyl (C=O) groups excluding carboxylic acids is 1. The van der Waals surface area contributed by atoms with Crippen molar-refractivity contribution < 1.29 is 13.6 Å². The first-order valence-electron chi connectivity index (χ1n) is 7.41. The lowest BCUT2D eigenvalue weighted by Gasteiger charge is -2.29. The third-order valence-electron chi connectivity index (χ3n) is 4.11. The molecule has 1 N–H and O–H groups in total. The zero-order valence-electron chi connectivity index (χ0n) is 12.5. The zero-order chi connectivity index (χ0) is 15.4. The summed E-state index contributed by atoms with van der Waals surface area (Å²) in [5.41, 5.74) is 0.311. The highest BCUT2D eigenvalue weighted by molar-refractivity contribution is 5.74. The molecule has 0 radical (unpaired) electrons. The van der Waals surface area contributed by atoms with Gasteiger partial charge in [0.05, 0.1) is 0 Å². The van der Waals surface area contributed by atoms with Crippen molar-refractivity contribution in [2.75, 3.05) is 7.05 Å². The van der Waals surface area contributed by atoms with E-state index in [1.54, 1.807) is 7.05 Å². The van der Waals surface area contributed by atoms with Gasteiger partial charge in [0.1, 0.15) is 11.6 Å². The average molecular weight is 296 g/mol. The number of halogens is 2. The van der Waals surface area contributed by atoms with Gasteiger partial charge >= 0.3 is 6.03 Å². The summed E-state index contributed by atoms with van der Waals surface area (Å²) in [5, 5.41) is 2.98. The Morgan fingerprint density at radius 1 is 1.29 bits per heavy atom. The van der Waals surface area contributed by atoms with E-state index in [4.69, 9.17) is 0 Å². The highest BCUT2D eigenvalue weighted by atomic mass is 19.1. The molecule has 1 aliphatic rings. The molecule has 1 aromatic carbocycles. The SMILES string of the molecule is CC1CCC(NC(=O)N(C)Cc2ccc(F)cc2F)CC1. The Labute approximate surface area is 124 Å². The normalized spacial score (nSPS) is 21.9. The maximum absolute atomic E-state index is 13.6. The molecule has 2 amide bonds. The van der Waals surface area contributed by atoms with Crippen LogP contribution in [0.1, 0.15) is 38.2 Å². The third-order valence-corrected chi connectivity index (χ3v) is 4.11. The number of hydrogen-bond donors (Lipinski definition) is 1. The lowest BCUT2D eigenvalue weighted by Crippen LogP contribution is -2.44. The van der Waals surface area contributed by atoms with E-state index in [0.717, 1.165) is 37.7 Å². The first-order chi connectivity index (χ1) is 9.95. The number of urea groups is 1. The predicted molar refractivity (Wildman–Crippen MR) is 77.8 cm³/mol. The molecule has 21 heavy (non-hydrogen) atoms. The molecule has 116 valence electrons. The van der Waals surface area contributed by atoms with Crippen molar-refractivity contribution in [2.24, 2.45) is 5.92 Å². The van der Waals surface area contributed by atoms with Crippen LogP contribution in [-0.4, -0.2) is 24.0 Å². The minimum atomic E-state index is -0.624. The lowest BCUT2D eigenvalue weighted by molar-refractivity contribution is 0.195. The van der Waals surface area contributed by atoms with Crippen LogP contribution >= 0.6 is 0 Å². The molecule has 0 spiro atoms. The summed E-state index contributed by atoms with van der Waals surface area (Å²) in [6, 6.07) is 3.40. The Morgan fingerprint density at radius 3 is 2.57 bits per heavy atom. The molecule has 1 saturated carbocycles. The minimum Gasteiger partial charge on any atom is -0.335 e. The summed E-state index contributed by atoms with van der Waals surface area (Å²) in [6.45, 7) is 2.35. The molecular formula is C16H22F2N2O. The molecule has 1 aromatic rings. The summed E-state index contributed by atoms with van der Waals surface area (Å²) in [5.74, 6) is -0.509. The Hall–Kier alpha value is -1.65. The maximum atomic E-state index is 13.6. The molecule has 3 nitrogen and oxygen atoms in total. The third kappa shape index (κ3) is 4.41. The van der Waals surface area contributed by atoms with Gasteiger partial charge in [0, 0.05) is 31.3 Å². The monoisotopic (exact) mass is 296 g/mol. The van der Waals surface area contributed by atoms with Crippen molar-refractivity contribution in [3.8, 4) is 0 Å². The molecule has 1 fully saturated rings. The van der Waals surface area contributed by atoms with Crippen LogP contribution in [0, 0.1) is 17.6 Å². The Kier molecular flexibility index (Phi) is 5.15. The largest absolute Gasteiger partial charge is 0.335 e. The van der Waals surface area contributed by atoms with Crippen molar-refractivity contribution in [3.05, 3.63) is 35.4 Å². The first kappa shape index (κ1) is 15.7. The fourth-order valence-electron chi connectivity index (χ4n) is 2.67. The highest BCUT2D eigenvalue weighted by Gasteiger charge is 2.21. The van der Waals surface area contributed by atoms with Gasteiger partial charge in [0.15, 0.2) is 0 Å². The van der Waals surface area contributed by atoms with Crippen LogP contribution < -0.4 is 5.32 Å². The van der Waals surface area contributed by atoms with E-state index in [9.17, 15) is 13.6 Å². The van der Waals surface area contributed by atoms with Crippen molar-refractivity contribution in [2.45, 2.75) is 45.2 Å². The minimum absolute atomic E-state index is 0.126. The second-order valence-electron chi connectivity index (χ2n) is 6.00. The molecule has 0 bridgehead atoms. The van der Waals surface area contributed by atoms with Gasteiger partial charge in [0.25, 0.3) is 0 Å². The molecule has 5 heteroatoms. The van der Waals surface area contributed by atoms with Crippen LogP contribution in [0.15, 0.2) is 18.2 Å². The van der Waals surface area contributed by atoms with Crippen LogP contribution in [0.4, 0.5) is 13.6 Å². The number of nitrogens with zero attached hydrogens (tertiary/aromatic N) is 1. The van der Waals surface area contributed by atoms with E-state index < -0.39 is 11.6 Å². The van der Waals surface area contributed by atoms with Gasteiger partial charge in [0.2, 0.25) is 0 Å². The van der Waals surface area contributed by atoms with E-state index in [2.05, 4.69) is 12.2 Å². The zero-order valence-corrected chi connectivity index (χ0v) is 12.5. The smallest absolute Gasteiger partial charge is 0.317 e. The molecule has 0 heterocycles. The van der Waals surface area contributed by atoms with Crippen LogP contribution in [0.3, 0.4) is 0 Å². The molecule has 0 aliphatic heterocycles. The van der Waals surface area contributed by atoms with Crippen molar-refractivity contribution >= 4 is 6.03 Å². The molecule has 2 rings (SSSR count). The fraction of sp³-hybridized carbons (Fsp3) is 0.562. The van der Waals surface area contributed by atoms with E-state index in [0.29, 0.717) is 5.56 Å². The van der Waals surface area contributed by atoms with E-state index in [-0.39, 0.29) is 18.6 Å². The first-order valence-corrected chi connectivity index (χ1v) is 7.41. The summed E-state index contributed by atoms with van der Waals surface area (Å²) in [7, 11) is 1.61. The van der Waals surface area contributed by atoms with Gasteiger partial charge in [-0.05, 0) is 37.7 Å². The number of amides is 2. The Bertz CT molecular complexity index is 499. The van der Waals surface area contributed by atoms with Gasteiger partial charge in [-0.25, -0.2) is 13.6 Å². The number of nitrogens with one attached hydrogen (secondary N) is 1. The van der Waals surface area contributed by atoms with Crippen molar-refractivity contribution in [1.29, 1.82) is 0 Å². The van der Waals surface area contributed by atoms with Gasteiger partial charge in [-0.1, -0.05) is 13.0 Å². The molecule has 0 unspecified atom stereocenters. The van der Waals surface area contributed by atoms with Crippen LogP contribution in [0.2, 0.25) is 0 Å². The van der Waals surface area contributed by atoms with Crippen LogP contribution in [0.5, 0.6) is 0 Å². The van der Waals surface area contributed by atoms with Crippen LogP contribution in [0.25, 0.3) is 0 Å². The summed E-state index contributed by atoms with van der Waals surface area (Å²) in [6.07, 6.45) is 4.24. The Balaban J connectivity index is 1.87. The van der Waals surface area contributed by atoms with E-state index in [1.165, 1.54) is 17.0 Å². The van der Waals surface area contributed by atoms with Crippen LogP contribution in [-0.2, 0) is 6.54 Å². The summed E-state index contributed by atoms with van der Waals surface area (Å²) in [4.78, 5) is 13.5.